The highest BCUT2D eigenvalue weighted by atomic mass is 16.5. The van der Waals surface area contributed by atoms with E-state index in [9.17, 15) is 14.7 Å². The average molecular weight is 455 g/mol. The van der Waals surface area contributed by atoms with Gasteiger partial charge in [-0.25, -0.2) is 0 Å². The Kier molecular flexibility index (Phi) is 6.47. The molecule has 4 rings (SSSR count). The first-order valence-electron chi connectivity index (χ1n) is 11.1. The number of phenolic OH excluding ortho intramolecular Hbond substituents is 1. The SMILES string of the molecule is COc1cc(O)c(C(CC(=O)N2CC(C)OC(C)C2)c2ccc3c(c2)CNC3=O)c(OC)c1. The van der Waals surface area contributed by atoms with Crippen molar-refractivity contribution in [3.8, 4) is 17.2 Å². The first-order chi connectivity index (χ1) is 15.8. The fourth-order valence-corrected chi connectivity index (χ4v) is 4.77. The molecule has 0 aromatic heterocycles. The summed E-state index contributed by atoms with van der Waals surface area (Å²) in [5.41, 5.74) is 2.84. The van der Waals surface area contributed by atoms with Gasteiger partial charge in [0.15, 0.2) is 0 Å². The molecule has 33 heavy (non-hydrogen) atoms. The number of amides is 2. The predicted molar refractivity (Wildman–Crippen MR) is 122 cm³/mol. The number of nitrogens with one attached hydrogen (secondary N) is 1. The van der Waals surface area contributed by atoms with Crippen molar-refractivity contribution in [3.63, 3.8) is 0 Å². The number of fused-ring (bicyclic) bond motifs is 1. The molecule has 0 aliphatic carbocycles. The summed E-state index contributed by atoms with van der Waals surface area (Å²) in [6, 6.07) is 8.77. The molecule has 0 saturated carbocycles. The van der Waals surface area contributed by atoms with Crippen molar-refractivity contribution in [2.75, 3.05) is 27.3 Å². The first kappa shape index (κ1) is 22.9. The summed E-state index contributed by atoms with van der Waals surface area (Å²) in [4.78, 5) is 27.3. The van der Waals surface area contributed by atoms with Gasteiger partial charge in [-0.3, -0.25) is 9.59 Å². The number of ether oxygens (including phenoxy) is 3. The van der Waals surface area contributed by atoms with Gasteiger partial charge in [-0.05, 0) is 31.0 Å². The van der Waals surface area contributed by atoms with Crippen LogP contribution in [-0.4, -0.2) is 61.3 Å². The third-order valence-corrected chi connectivity index (χ3v) is 6.26. The zero-order chi connectivity index (χ0) is 23.7. The van der Waals surface area contributed by atoms with Crippen molar-refractivity contribution in [2.45, 2.75) is 44.9 Å². The Labute approximate surface area is 193 Å². The van der Waals surface area contributed by atoms with Crippen molar-refractivity contribution in [1.29, 1.82) is 0 Å². The summed E-state index contributed by atoms with van der Waals surface area (Å²) in [7, 11) is 3.04. The Morgan fingerprint density at radius 2 is 1.91 bits per heavy atom. The lowest BCUT2D eigenvalue weighted by Crippen LogP contribution is -2.48. The molecule has 0 radical (unpaired) electrons. The third-order valence-electron chi connectivity index (χ3n) is 6.26. The van der Waals surface area contributed by atoms with Gasteiger partial charge in [0.1, 0.15) is 17.2 Å². The average Bonchev–Trinajstić information content (AvgIpc) is 3.16. The van der Waals surface area contributed by atoms with Crippen molar-refractivity contribution in [2.24, 2.45) is 0 Å². The Bertz CT molecular complexity index is 1060. The van der Waals surface area contributed by atoms with Gasteiger partial charge in [-0.15, -0.1) is 0 Å². The third kappa shape index (κ3) is 4.61. The molecule has 2 amide bonds. The molecule has 0 bridgehead atoms. The number of benzene rings is 2. The molecule has 3 unspecified atom stereocenters. The summed E-state index contributed by atoms with van der Waals surface area (Å²) in [6.45, 7) is 5.38. The summed E-state index contributed by atoms with van der Waals surface area (Å²) in [5, 5.41) is 13.8. The van der Waals surface area contributed by atoms with E-state index in [1.807, 2.05) is 30.9 Å². The summed E-state index contributed by atoms with van der Waals surface area (Å²) in [6.07, 6.45) is 0.0462. The van der Waals surface area contributed by atoms with E-state index in [-0.39, 0.29) is 36.2 Å². The number of hydrogen-bond donors (Lipinski definition) is 2. The van der Waals surface area contributed by atoms with Gasteiger partial charge < -0.3 is 29.5 Å². The Hall–Kier alpha value is -3.26. The van der Waals surface area contributed by atoms with Crippen LogP contribution in [0.2, 0.25) is 0 Å². The second-order valence-corrected chi connectivity index (χ2v) is 8.67. The van der Waals surface area contributed by atoms with Gasteiger partial charge in [0, 0.05) is 55.2 Å². The number of rotatable bonds is 6. The number of morpholine rings is 1. The number of hydrogen-bond acceptors (Lipinski definition) is 6. The fraction of sp³-hybridized carbons (Fsp3) is 0.440. The molecular formula is C25H30N2O6. The maximum absolute atomic E-state index is 13.4. The quantitative estimate of drug-likeness (QED) is 0.697. The molecule has 8 nitrogen and oxygen atoms in total. The van der Waals surface area contributed by atoms with E-state index in [1.54, 1.807) is 12.1 Å². The molecule has 1 saturated heterocycles. The van der Waals surface area contributed by atoms with Gasteiger partial charge in [-0.1, -0.05) is 12.1 Å². The van der Waals surface area contributed by atoms with E-state index in [1.165, 1.54) is 20.3 Å². The largest absolute Gasteiger partial charge is 0.507 e. The molecule has 8 heteroatoms. The molecular weight excluding hydrogens is 424 g/mol. The van der Waals surface area contributed by atoms with Gasteiger partial charge >= 0.3 is 0 Å². The molecule has 2 heterocycles. The van der Waals surface area contributed by atoms with Gasteiger partial charge in [0.25, 0.3) is 5.91 Å². The summed E-state index contributed by atoms with van der Waals surface area (Å²) in [5.74, 6) is 0.260. The molecule has 3 atom stereocenters. The van der Waals surface area contributed by atoms with Crippen molar-refractivity contribution in [1.82, 2.24) is 10.2 Å². The van der Waals surface area contributed by atoms with E-state index < -0.39 is 5.92 Å². The fourth-order valence-electron chi connectivity index (χ4n) is 4.77. The lowest BCUT2D eigenvalue weighted by Gasteiger charge is -2.36. The highest BCUT2D eigenvalue weighted by molar-refractivity contribution is 5.98. The summed E-state index contributed by atoms with van der Waals surface area (Å²) >= 11 is 0. The van der Waals surface area contributed by atoms with Gasteiger partial charge in [0.2, 0.25) is 5.91 Å². The Morgan fingerprint density at radius 1 is 1.18 bits per heavy atom. The van der Waals surface area contributed by atoms with E-state index in [4.69, 9.17) is 14.2 Å². The predicted octanol–water partition coefficient (Wildman–Crippen LogP) is 2.81. The zero-order valence-corrected chi connectivity index (χ0v) is 19.4. The molecule has 176 valence electrons. The van der Waals surface area contributed by atoms with Crippen molar-refractivity contribution < 1.29 is 28.9 Å². The maximum atomic E-state index is 13.4. The van der Waals surface area contributed by atoms with Crippen LogP contribution in [0.3, 0.4) is 0 Å². The highest BCUT2D eigenvalue weighted by Crippen LogP contribution is 2.43. The lowest BCUT2D eigenvalue weighted by atomic mass is 9.85. The molecule has 2 aromatic carbocycles. The minimum absolute atomic E-state index is 0.0117. The van der Waals surface area contributed by atoms with E-state index in [0.29, 0.717) is 42.3 Å². The molecule has 0 spiro atoms. The van der Waals surface area contributed by atoms with Crippen LogP contribution >= 0.6 is 0 Å². The van der Waals surface area contributed by atoms with Crippen LogP contribution in [0.4, 0.5) is 0 Å². The topological polar surface area (TPSA) is 97.3 Å². The minimum atomic E-state index is -0.479. The minimum Gasteiger partial charge on any atom is -0.507 e. The smallest absolute Gasteiger partial charge is 0.251 e. The molecule has 2 N–H and O–H groups in total. The summed E-state index contributed by atoms with van der Waals surface area (Å²) < 4.78 is 16.6. The van der Waals surface area contributed by atoms with Crippen LogP contribution < -0.4 is 14.8 Å². The number of carbonyl (C=O) groups is 2. The number of aromatic hydroxyl groups is 1. The second-order valence-electron chi connectivity index (χ2n) is 8.67. The van der Waals surface area contributed by atoms with E-state index in [2.05, 4.69) is 5.32 Å². The van der Waals surface area contributed by atoms with Crippen LogP contribution in [-0.2, 0) is 16.1 Å². The van der Waals surface area contributed by atoms with Crippen LogP contribution in [0.25, 0.3) is 0 Å². The van der Waals surface area contributed by atoms with Crippen LogP contribution in [0, 0.1) is 0 Å². The van der Waals surface area contributed by atoms with Gasteiger partial charge in [-0.2, -0.15) is 0 Å². The number of phenols is 1. The molecule has 1 fully saturated rings. The monoisotopic (exact) mass is 454 g/mol. The number of nitrogens with zero attached hydrogens (tertiary/aromatic N) is 1. The van der Waals surface area contributed by atoms with Crippen LogP contribution in [0.5, 0.6) is 17.2 Å². The molecule has 2 aliphatic heterocycles. The van der Waals surface area contributed by atoms with Crippen molar-refractivity contribution in [3.05, 3.63) is 52.6 Å². The van der Waals surface area contributed by atoms with Crippen LogP contribution in [0.15, 0.2) is 30.3 Å². The van der Waals surface area contributed by atoms with Crippen LogP contribution in [0.1, 0.15) is 53.2 Å². The maximum Gasteiger partial charge on any atom is 0.251 e. The number of carbonyl (C=O) groups excluding carboxylic acids is 2. The van der Waals surface area contributed by atoms with E-state index in [0.717, 1.165) is 11.1 Å². The first-order valence-corrected chi connectivity index (χ1v) is 11.1. The lowest BCUT2D eigenvalue weighted by molar-refractivity contribution is -0.143. The highest BCUT2D eigenvalue weighted by Gasteiger charge is 2.32. The van der Waals surface area contributed by atoms with E-state index >= 15 is 0 Å². The molecule has 2 aromatic rings. The van der Waals surface area contributed by atoms with Crippen molar-refractivity contribution >= 4 is 11.8 Å². The Morgan fingerprint density at radius 3 is 2.58 bits per heavy atom. The van der Waals surface area contributed by atoms with Gasteiger partial charge in [0.05, 0.1) is 26.4 Å². The second kappa shape index (κ2) is 9.31. The normalized spacial score (nSPS) is 20.7. The number of methoxy groups -OCH3 is 2. The Balaban J connectivity index is 1.75. The standard InChI is InChI=1S/C25H30N2O6/c1-14-12-27(13-15(2)33-14)23(29)10-20(16-5-6-19-17(7-16)11-26-25(19)30)24-21(28)8-18(31-3)9-22(24)32-4/h5-9,14-15,20,28H,10-13H2,1-4H3,(H,26,30). The zero-order valence-electron chi connectivity index (χ0n) is 19.4. The molecule has 2 aliphatic rings.